The second-order valence-electron chi connectivity index (χ2n) is 3.87. The number of nitrogens with one attached hydrogen (secondary N) is 2. The van der Waals surface area contributed by atoms with Crippen LogP contribution in [-0.2, 0) is 14.3 Å². The Bertz CT molecular complexity index is 317. The highest BCUT2D eigenvalue weighted by molar-refractivity contribution is 7.99. The van der Waals surface area contributed by atoms with Crippen molar-refractivity contribution in [3.8, 4) is 0 Å². The zero-order valence-corrected chi connectivity index (χ0v) is 10.6. The van der Waals surface area contributed by atoms with Crippen LogP contribution in [0.15, 0.2) is 0 Å². The summed E-state index contributed by atoms with van der Waals surface area (Å²) in [5.74, 6) is 0.769. The van der Waals surface area contributed by atoms with E-state index < -0.39 is 31.1 Å². The molecule has 7 nitrogen and oxygen atoms in total. The maximum atomic E-state index is 11.3. The number of carbonyl (C=O) groups is 3. The van der Waals surface area contributed by atoms with Gasteiger partial charge >= 0.3 is 12.0 Å². The van der Waals surface area contributed by atoms with Gasteiger partial charge in [0, 0.05) is 6.54 Å². The van der Waals surface area contributed by atoms with Crippen LogP contribution in [-0.4, -0.2) is 54.3 Å². The maximum absolute atomic E-state index is 11.3. The Hall–Kier alpha value is -1.28. The minimum Gasteiger partial charge on any atom is -0.480 e. The van der Waals surface area contributed by atoms with Crippen LogP contribution in [0.1, 0.15) is 6.42 Å². The summed E-state index contributed by atoms with van der Waals surface area (Å²) in [5.41, 5.74) is 0. The highest BCUT2D eigenvalue weighted by atomic mass is 32.2. The molecule has 1 unspecified atom stereocenters. The molecule has 1 saturated heterocycles. The number of aliphatic carboxylic acids is 1. The standard InChI is InChI=1S/C10H16N2O5S/c13-8(4-17-5-9(14)15)12-10(16)11-3-7-1-2-18-6-7/h7H,1-6H2,(H,14,15)(H2,11,12,13,16). The predicted octanol–water partition coefficient (Wildman–Crippen LogP) is -0.333. The molecule has 0 saturated carbocycles. The number of thioether (sulfide) groups is 1. The molecule has 3 N–H and O–H groups in total. The second-order valence-corrected chi connectivity index (χ2v) is 5.02. The summed E-state index contributed by atoms with van der Waals surface area (Å²) in [4.78, 5) is 32.5. The molecule has 1 rings (SSSR count). The van der Waals surface area contributed by atoms with E-state index in [9.17, 15) is 14.4 Å². The molecular weight excluding hydrogens is 260 g/mol. The van der Waals surface area contributed by atoms with Crippen LogP contribution in [0, 0.1) is 5.92 Å². The monoisotopic (exact) mass is 276 g/mol. The Balaban J connectivity index is 2.07. The van der Waals surface area contributed by atoms with Crippen LogP contribution in [0.5, 0.6) is 0 Å². The van der Waals surface area contributed by atoms with E-state index in [2.05, 4.69) is 15.4 Å². The summed E-state index contributed by atoms with van der Waals surface area (Å²) >= 11 is 1.85. The number of hydrogen-bond donors (Lipinski definition) is 3. The molecule has 1 atom stereocenters. The highest BCUT2D eigenvalue weighted by Gasteiger charge is 2.16. The van der Waals surface area contributed by atoms with Crippen molar-refractivity contribution in [1.82, 2.24) is 10.6 Å². The molecule has 0 spiro atoms. The zero-order chi connectivity index (χ0) is 13.4. The van der Waals surface area contributed by atoms with Crippen LogP contribution in [0.2, 0.25) is 0 Å². The number of urea groups is 1. The molecule has 0 aromatic carbocycles. The molecule has 0 radical (unpaired) electrons. The number of imide groups is 1. The van der Waals surface area contributed by atoms with Gasteiger partial charge in [-0.25, -0.2) is 9.59 Å². The molecule has 1 heterocycles. The van der Waals surface area contributed by atoms with Crippen molar-refractivity contribution in [1.29, 1.82) is 0 Å². The lowest BCUT2D eigenvalue weighted by molar-refractivity contribution is -0.143. The normalized spacial score (nSPS) is 18.3. The summed E-state index contributed by atoms with van der Waals surface area (Å²) in [7, 11) is 0. The van der Waals surface area contributed by atoms with Gasteiger partial charge in [0.2, 0.25) is 0 Å². The number of carboxylic acid groups (broad SMARTS) is 1. The average Bonchev–Trinajstić information content (AvgIpc) is 2.78. The fourth-order valence-electron chi connectivity index (χ4n) is 1.42. The van der Waals surface area contributed by atoms with E-state index in [0.29, 0.717) is 12.5 Å². The van der Waals surface area contributed by atoms with E-state index in [1.165, 1.54) is 0 Å². The largest absolute Gasteiger partial charge is 0.480 e. The van der Waals surface area contributed by atoms with E-state index in [4.69, 9.17) is 5.11 Å². The molecule has 0 aromatic rings. The van der Waals surface area contributed by atoms with Gasteiger partial charge in [-0.05, 0) is 23.8 Å². The minimum absolute atomic E-state index is 0.445. The van der Waals surface area contributed by atoms with Crippen molar-refractivity contribution in [2.75, 3.05) is 31.3 Å². The van der Waals surface area contributed by atoms with E-state index in [-0.39, 0.29) is 0 Å². The van der Waals surface area contributed by atoms with Crippen molar-refractivity contribution >= 4 is 29.7 Å². The Morgan fingerprint density at radius 1 is 1.33 bits per heavy atom. The fraction of sp³-hybridized carbons (Fsp3) is 0.700. The van der Waals surface area contributed by atoms with Crippen LogP contribution >= 0.6 is 11.8 Å². The third kappa shape index (κ3) is 6.45. The first-order chi connectivity index (χ1) is 8.58. The van der Waals surface area contributed by atoms with Gasteiger partial charge in [0.15, 0.2) is 0 Å². The first-order valence-corrected chi connectivity index (χ1v) is 6.68. The SMILES string of the molecule is O=C(O)COCC(=O)NC(=O)NCC1CCSC1. The van der Waals surface area contributed by atoms with E-state index in [1.807, 2.05) is 11.8 Å². The maximum Gasteiger partial charge on any atom is 0.329 e. The molecule has 102 valence electrons. The Morgan fingerprint density at radius 2 is 2.11 bits per heavy atom. The number of ether oxygens (including phenoxy) is 1. The highest BCUT2D eigenvalue weighted by Crippen LogP contribution is 2.22. The quantitative estimate of drug-likeness (QED) is 0.613. The molecule has 1 aliphatic rings. The van der Waals surface area contributed by atoms with Crippen molar-refractivity contribution in [3.05, 3.63) is 0 Å². The molecule has 0 bridgehead atoms. The van der Waals surface area contributed by atoms with Crippen molar-refractivity contribution in [3.63, 3.8) is 0 Å². The molecule has 1 fully saturated rings. The lowest BCUT2D eigenvalue weighted by atomic mass is 10.1. The number of carboxylic acids is 1. The van der Waals surface area contributed by atoms with Crippen molar-refractivity contribution < 1.29 is 24.2 Å². The average molecular weight is 276 g/mol. The zero-order valence-electron chi connectivity index (χ0n) is 9.81. The van der Waals surface area contributed by atoms with Gasteiger partial charge in [-0.15, -0.1) is 0 Å². The molecule has 0 aromatic heterocycles. The van der Waals surface area contributed by atoms with Gasteiger partial charge in [0.05, 0.1) is 0 Å². The summed E-state index contributed by atoms with van der Waals surface area (Å²) in [6.45, 7) is -0.463. The van der Waals surface area contributed by atoms with E-state index in [0.717, 1.165) is 17.9 Å². The van der Waals surface area contributed by atoms with E-state index >= 15 is 0 Å². The number of rotatable bonds is 6. The third-order valence-electron chi connectivity index (χ3n) is 2.29. The lowest BCUT2D eigenvalue weighted by Crippen LogP contribution is -2.43. The van der Waals surface area contributed by atoms with Gasteiger partial charge in [-0.1, -0.05) is 0 Å². The summed E-state index contributed by atoms with van der Waals surface area (Å²) in [6.07, 6.45) is 1.07. The summed E-state index contributed by atoms with van der Waals surface area (Å²) < 4.78 is 4.54. The first-order valence-electron chi connectivity index (χ1n) is 5.53. The molecular formula is C10H16N2O5S. The summed E-state index contributed by atoms with van der Waals surface area (Å²) in [5, 5.41) is 12.9. The van der Waals surface area contributed by atoms with E-state index in [1.54, 1.807) is 0 Å². The molecule has 8 heteroatoms. The van der Waals surface area contributed by atoms with Crippen LogP contribution < -0.4 is 10.6 Å². The molecule has 18 heavy (non-hydrogen) atoms. The molecule has 1 aliphatic heterocycles. The Labute approximate surface area is 109 Å². The van der Waals surface area contributed by atoms with Gasteiger partial charge in [0.25, 0.3) is 5.91 Å². The van der Waals surface area contributed by atoms with Gasteiger partial charge < -0.3 is 15.2 Å². The minimum atomic E-state index is -1.16. The van der Waals surface area contributed by atoms with Gasteiger partial charge in [0.1, 0.15) is 13.2 Å². The van der Waals surface area contributed by atoms with Crippen LogP contribution in [0.4, 0.5) is 4.79 Å². The van der Waals surface area contributed by atoms with Crippen LogP contribution in [0.3, 0.4) is 0 Å². The Morgan fingerprint density at radius 3 is 2.72 bits per heavy atom. The second kappa shape index (κ2) is 7.93. The number of amides is 3. The van der Waals surface area contributed by atoms with Gasteiger partial charge in [-0.3, -0.25) is 10.1 Å². The molecule has 0 aliphatic carbocycles. The number of hydrogen-bond acceptors (Lipinski definition) is 5. The lowest BCUT2D eigenvalue weighted by Gasteiger charge is -2.10. The van der Waals surface area contributed by atoms with Crippen molar-refractivity contribution in [2.24, 2.45) is 5.92 Å². The Kier molecular flexibility index (Phi) is 6.51. The third-order valence-corrected chi connectivity index (χ3v) is 3.52. The topological polar surface area (TPSA) is 105 Å². The number of carbonyl (C=O) groups excluding carboxylic acids is 2. The van der Waals surface area contributed by atoms with Crippen LogP contribution in [0.25, 0.3) is 0 Å². The van der Waals surface area contributed by atoms with Gasteiger partial charge in [-0.2, -0.15) is 11.8 Å². The predicted molar refractivity (Wildman–Crippen MR) is 65.4 cm³/mol. The van der Waals surface area contributed by atoms with Crippen molar-refractivity contribution in [2.45, 2.75) is 6.42 Å². The smallest absolute Gasteiger partial charge is 0.329 e. The fourth-order valence-corrected chi connectivity index (χ4v) is 2.70. The molecule has 3 amide bonds. The summed E-state index contributed by atoms with van der Waals surface area (Å²) in [6, 6.07) is -0.573. The first kappa shape index (κ1) is 14.8.